The van der Waals surface area contributed by atoms with E-state index in [-0.39, 0.29) is 30.9 Å². The molecule has 0 unspecified atom stereocenters. The monoisotopic (exact) mass is 505 g/mol. The topological polar surface area (TPSA) is 92.1 Å². The van der Waals surface area contributed by atoms with Gasteiger partial charge in [0.25, 0.3) is 11.8 Å². The summed E-state index contributed by atoms with van der Waals surface area (Å²) in [5.41, 5.74) is 0.775. The number of ether oxygens (including phenoxy) is 1. The summed E-state index contributed by atoms with van der Waals surface area (Å²) in [4.78, 5) is 43.3. The van der Waals surface area contributed by atoms with E-state index in [1.165, 1.54) is 30.5 Å². The number of halogens is 1. The van der Waals surface area contributed by atoms with E-state index >= 15 is 0 Å². The molecule has 2 aliphatic rings. The Balaban J connectivity index is 1.36. The van der Waals surface area contributed by atoms with E-state index in [0.29, 0.717) is 42.8 Å². The number of likely N-dealkylation sites (tertiary alicyclic amines) is 1. The van der Waals surface area contributed by atoms with Crippen LogP contribution in [0.25, 0.3) is 0 Å². The van der Waals surface area contributed by atoms with Gasteiger partial charge < -0.3 is 19.4 Å². The second kappa shape index (κ2) is 10.2. The molecule has 1 spiro atoms. The van der Waals surface area contributed by atoms with Gasteiger partial charge in [0.05, 0.1) is 19.4 Å². The maximum Gasteiger partial charge on any atom is 0.256 e. The molecule has 2 saturated heterocycles. The van der Waals surface area contributed by atoms with Crippen LogP contribution >= 0.6 is 0 Å². The number of furan rings is 1. The van der Waals surface area contributed by atoms with Gasteiger partial charge in [-0.25, -0.2) is 4.39 Å². The van der Waals surface area contributed by atoms with Crippen molar-refractivity contribution >= 4 is 17.7 Å². The zero-order valence-electron chi connectivity index (χ0n) is 20.5. The molecule has 1 aromatic heterocycles. The second-order valence-electron chi connectivity index (χ2n) is 9.41. The summed E-state index contributed by atoms with van der Waals surface area (Å²) in [6.07, 6.45) is 2.22. The van der Waals surface area contributed by atoms with Crippen molar-refractivity contribution in [3.05, 3.63) is 95.2 Å². The molecule has 3 amide bonds. The molecule has 37 heavy (non-hydrogen) atoms. The van der Waals surface area contributed by atoms with Crippen molar-refractivity contribution in [3.63, 3.8) is 0 Å². The molecule has 0 bridgehead atoms. The first-order valence-corrected chi connectivity index (χ1v) is 12.3. The van der Waals surface area contributed by atoms with Crippen molar-refractivity contribution in [2.24, 2.45) is 0 Å². The minimum absolute atomic E-state index is 0.0491. The Hall–Kier alpha value is -3.98. The first-order chi connectivity index (χ1) is 17.9. The van der Waals surface area contributed by atoms with Gasteiger partial charge in [0.2, 0.25) is 5.91 Å². The minimum atomic E-state index is -1.02. The Bertz CT molecular complexity index is 1280. The third kappa shape index (κ3) is 4.99. The van der Waals surface area contributed by atoms with E-state index in [0.717, 1.165) is 5.56 Å². The molecule has 1 atom stereocenters. The number of rotatable bonds is 5. The Morgan fingerprint density at radius 2 is 1.76 bits per heavy atom. The highest BCUT2D eigenvalue weighted by Gasteiger charge is 2.54. The van der Waals surface area contributed by atoms with Gasteiger partial charge in [-0.15, -0.1) is 0 Å². The Labute approximate surface area is 214 Å². The summed E-state index contributed by atoms with van der Waals surface area (Å²) < 4.78 is 24.8. The normalized spacial score (nSPS) is 18.7. The second-order valence-corrected chi connectivity index (χ2v) is 9.41. The van der Waals surface area contributed by atoms with Crippen LogP contribution in [0.5, 0.6) is 0 Å². The van der Waals surface area contributed by atoms with Crippen LogP contribution in [-0.4, -0.2) is 59.0 Å². The molecule has 3 aromatic rings. The number of amides is 3. The maximum absolute atomic E-state index is 13.8. The lowest BCUT2D eigenvalue weighted by atomic mass is 9.95. The number of nitrogens with one attached hydrogen (secondary N) is 1. The van der Waals surface area contributed by atoms with E-state index in [2.05, 4.69) is 5.32 Å². The van der Waals surface area contributed by atoms with Gasteiger partial charge in [0.1, 0.15) is 23.3 Å². The van der Waals surface area contributed by atoms with Gasteiger partial charge in [-0.2, -0.15) is 0 Å². The van der Waals surface area contributed by atoms with Crippen LogP contribution < -0.4 is 5.32 Å². The highest BCUT2D eigenvalue weighted by atomic mass is 19.1. The van der Waals surface area contributed by atoms with Gasteiger partial charge in [0.15, 0.2) is 0 Å². The molecule has 2 fully saturated rings. The SMILES string of the molecule is Cc1cccc(C(=O)N2[C@@H](C(=O)NCc3ccco3)COC23CCN(C(=O)c2ccc(F)cc2)CC3)c1. The largest absolute Gasteiger partial charge is 0.467 e. The molecule has 0 saturated carbocycles. The average Bonchev–Trinajstić information content (AvgIpc) is 3.56. The Morgan fingerprint density at radius 1 is 1.00 bits per heavy atom. The number of carbonyl (C=O) groups is 3. The van der Waals surface area contributed by atoms with Crippen LogP contribution in [0.4, 0.5) is 4.39 Å². The molecule has 8 nitrogen and oxygen atoms in total. The molecule has 0 aliphatic carbocycles. The summed E-state index contributed by atoms with van der Waals surface area (Å²) in [6, 6.07) is 15.3. The highest BCUT2D eigenvalue weighted by Crippen LogP contribution is 2.39. The molecule has 1 N–H and O–H groups in total. The van der Waals surface area contributed by atoms with Crippen molar-refractivity contribution in [1.82, 2.24) is 15.1 Å². The van der Waals surface area contributed by atoms with Gasteiger partial charge in [0, 0.05) is 37.1 Å². The zero-order valence-corrected chi connectivity index (χ0v) is 20.5. The summed E-state index contributed by atoms with van der Waals surface area (Å²) in [5.74, 6) is -0.643. The molecule has 3 heterocycles. The van der Waals surface area contributed by atoms with Crippen molar-refractivity contribution in [1.29, 1.82) is 0 Å². The molecular weight excluding hydrogens is 477 g/mol. The van der Waals surface area contributed by atoms with Crippen LogP contribution in [0.1, 0.15) is 44.9 Å². The van der Waals surface area contributed by atoms with Crippen molar-refractivity contribution in [3.8, 4) is 0 Å². The third-order valence-corrected chi connectivity index (χ3v) is 6.99. The summed E-state index contributed by atoms with van der Waals surface area (Å²) in [5, 5.41) is 2.85. The van der Waals surface area contributed by atoms with Crippen molar-refractivity contribution in [2.75, 3.05) is 19.7 Å². The number of aryl methyl sites for hydroxylation is 1. The molecular formula is C28H28FN3O5. The molecule has 192 valence electrons. The number of hydrogen-bond donors (Lipinski definition) is 1. The standard InChI is InChI=1S/C28H28FN3O5/c1-19-4-2-5-21(16-19)27(35)32-24(25(33)30-17-23-6-3-15-36-23)18-37-28(32)11-13-31(14-12-28)26(34)20-7-9-22(29)10-8-20/h2-10,15-16,24H,11-14,17-18H2,1H3,(H,30,33)/t24-/m1/s1. The lowest BCUT2D eigenvalue weighted by molar-refractivity contribution is -0.128. The van der Waals surface area contributed by atoms with E-state index in [1.54, 1.807) is 34.1 Å². The number of hydrogen-bond acceptors (Lipinski definition) is 5. The van der Waals surface area contributed by atoms with Crippen LogP contribution in [0.2, 0.25) is 0 Å². The fourth-order valence-corrected chi connectivity index (χ4v) is 5.02. The third-order valence-electron chi connectivity index (χ3n) is 6.99. The minimum Gasteiger partial charge on any atom is -0.467 e. The van der Waals surface area contributed by atoms with Crippen LogP contribution in [-0.2, 0) is 16.1 Å². The molecule has 2 aromatic carbocycles. The fourth-order valence-electron chi connectivity index (χ4n) is 5.02. The van der Waals surface area contributed by atoms with Crippen LogP contribution in [0.3, 0.4) is 0 Å². The van der Waals surface area contributed by atoms with Gasteiger partial charge in [-0.1, -0.05) is 17.7 Å². The molecule has 0 radical (unpaired) electrons. The molecule has 9 heteroatoms. The smallest absolute Gasteiger partial charge is 0.256 e. The predicted octanol–water partition coefficient (Wildman–Crippen LogP) is 3.52. The quantitative estimate of drug-likeness (QED) is 0.573. The number of piperidine rings is 1. The average molecular weight is 506 g/mol. The lowest BCUT2D eigenvalue weighted by Crippen LogP contribution is -2.59. The van der Waals surface area contributed by atoms with Gasteiger partial charge in [-0.05, 0) is 55.5 Å². The Morgan fingerprint density at radius 3 is 2.43 bits per heavy atom. The number of carbonyl (C=O) groups excluding carboxylic acids is 3. The first kappa shape index (κ1) is 24.7. The first-order valence-electron chi connectivity index (χ1n) is 12.3. The Kier molecular flexibility index (Phi) is 6.80. The maximum atomic E-state index is 13.8. The zero-order chi connectivity index (χ0) is 26.0. The summed E-state index contributed by atoms with van der Waals surface area (Å²) in [6.45, 7) is 2.80. The van der Waals surface area contributed by atoms with Crippen LogP contribution in [0.15, 0.2) is 71.3 Å². The van der Waals surface area contributed by atoms with Gasteiger partial charge >= 0.3 is 0 Å². The van der Waals surface area contributed by atoms with E-state index in [4.69, 9.17) is 9.15 Å². The molecule has 5 rings (SSSR count). The van der Waals surface area contributed by atoms with Crippen LogP contribution in [0, 0.1) is 12.7 Å². The lowest BCUT2D eigenvalue weighted by Gasteiger charge is -2.44. The predicted molar refractivity (Wildman–Crippen MR) is 132 cm³/mol. The summed E-state index contributed by atoms with van der Waals surface area (Å²) >= 11 is 0. The fraction of sp³-hybridized carbons (Fsp3) is 0.321. The number of benzene rings is 2. The van der Waals surface area contributed by atoms with Crippen molar-refractivity contribution < 1.29 is 27.9 Å². The highest BCUT2D eigenvalue weighted by molar-refractivity contribution is 5.99. The van der Waals surface area contributed by atoms with E-state index in [9.17, 15) is 18.8 Å². The van der Waals surface area contributed by atoms with Gasteiger partial charge in [-0.3, -0.25) is 19.3 Å². The van der Waals surface area contributed by atoms with E-state index < -0.39 is 17.6 Å². The summed E-state index contributed by atoms with van der Waals surface area (Å²) in [7, 11) is 0. The number of nitrogens with zero attached hydrogens (tertiary/aromatic N) is 2. The van der Waals surface area contributed by atoms with Crippen molar-refractivity contribution in [2.45, 2.75) is 38.1 Å². The van der Waals surface area contributed by atoms with E-state index in [1.807, 2.05) is 19.1 Å². The molecule has 2 aliphatic heterocycles.